The first-order valence-corrected chi connectivity index (χ1v) is 7.87. The summed E-state index contributed by atoms with van der Waals surface area (Å²) in [5.74, 6) is 0.971. The van der Waals surface area contributed by atoms with E-state index in [1.807, 2.05) is 26.1 Å². The molecule has 0 amide bonds. The lowest BCUT2D eigenvalue weighted by molar-refractivity contribution is 0.0894. The molecule has 3 nitrogen and oxygen atoms in total. The molecule has 0 radical (unpaired) electrons. The molecule has 1 atom stereocenters. The third-order valence-electron chi connectivity index (χ3n) is 4.79. The molecule has 3 heteroatoms. The molecule has 1 aromatic heterocycles. The zero-order valence-corrected chi connectivity index (χ0v) is 13.2. The Kier molecular flexibility index (Phi) is 3.85. The highest BCUT2D eigenvalue weighted by Crippen LogP contribution is 2.26. The topological polar surface area (TPSA) is 25.2 Å². The number of nitrogens with zero attached hydrogens (tertiary/aromatic N) is 2. The van der Waals surface area contributed by atoms with Gasteiger partial charge in [0.2, 0.25) is 0 Å². The van der Waals surface area contributed by atoms with Crippen LogP contribution in [0.25, 0.3) is 10.9 Å². The summed E-state index contributed by atoms with van der Waals surface area (Å²) in [5.41, 5.74) is 3.13. The number of benzene rings is 1. The van der Waals surface area contributed by atoms with E-state index < -0.39 is 0 Å². The van der Waals surface area contributed by atoms with Gasteiger partial charge in [0.15, 0.2) is 5.78 Å². The van der Waals surface area contributed by atoms with Crippen LogP contribution in [0.5, 0.6) is 0 Å². The number of aromatic nitrogens is 1. The maximum absolute atomic E-state index is 12.8. The summed E-state index contributed by atoms with van der Waals surface area (Å²) in [7, 11) is 2.04. The Balaban J connectivity index is 1.89. The van der Waals surface area contributed by atoms with Crippen molar-refractivity contribution in [3.8, 4) is 0 Å². The molecule has 112 valence electrons. The highest BCUT2D eigenvalue weighted by molar-refractivity contribution is 6.10. The fourth-order valence-electron chi connectivity index (χ4n) is 3.59. The van der Waals surface area contributed by atoms with Crippen molar-refractivity contribution in [3.05, 3.63) is 35.5 Å². The molecule has 0 bridgehead atoms. The minimum Gasteiger partial charge on any atom is -0.347 e. The lowest BCUT2D eigenvalue weighted by Gasteiger charge is -2.30. The van der Waals surface area contributed by atoms with Crippen LogP contribution in [0, 0.1) is 12.8 Å². The zero-order valence-electron chi connectivity index (χ0n) is 13.2. The van der Waals surface area contributed by atoms with Gasteiger partial charge in [-0.15, -0.1) is 0 Å². The largest absolute Gasteiger partial charge is 0.347 e. The Morgan fingerprint density at radius 2 is 2.10 bits per heavy atom. The van der Waals surface area contributed by atoms with Gasteiger partial charge in [0.25, 0.3) is 0 Å². The van der Waals surface area contributed by atoms with Crippen molar-refractivity contribution in [1.29, 1.82) is 0 Å². The summed E-state index contributed by atoms with van der Waals surface area (Å²) < 4.78 is 2.13. The van der Waals surface area contributed by atoms with Crippen LogP contribution in [0.2, 0.25) is 0 Å². The first-order valence-electron chi connectivity index (χ1n) is 7.87. The highest BCUT2D eigenvalue weighted by Gasteiger charge is 2.23. The molecular formula is C18H24N2O. The van der Waals surface area contributed by atoms with Crippen LogP contribution >= 0.6 is 0 Å². The van der Waals surface area contributed by atoms with Crippen molar-refractivity contribution in [2.24, 2.45) is 13.0 Å². The van der Waals surface area contributed by atoms with Gasteiger partial charge in [-0.05, 0) is 38.3 Å². The number of para-hydroxylation sites is 1. The monoisotopic (exact) mass is 284 g/mol. The van der Waals surface area contributed by atoms with Crippen molar-refractivity contribution in [2.75, 3.05) is 19.6 Å². The summed E-state index contributed by atoms with van der Waals surface area (Å²) in [6, 6.07) is 8.19. The molecule has 1 saturated heterocycles. The predicted octanol–water partition coefficient (Wildman–Crippen LogP) is 3.40. The fraction of sp³-hybridized carbons (Fsp3) is 0.500. The fourth-order valence-corrected chi connectivity index (χ4v) is 3.59. The van der Waals surface area contributed by atoms with E-state index >= 15 is 0 Å². The van der Waals surface area contributed by atoms with E-state index in [1.54, 1.807) is 0 Å². The number of carbonyl (C=O) groups excluding carboxylic acids is 1. The van der Waals surface area contributed by atoms with Crippen molar-refractivity contribution in [2.45, 2.75) is 26.7 Å². The first kappa shape index (κ1) is 14.3. The van der Waals surface area contributed by atoms with Gasteiger partial charge in [0, 0.05) is 35.8 Å². The van der Waals surface area contributed by atoms with E-state index in [-0.39, 0.29) is 5.78 Å². The van der Waals surface area contributed by atoms with Crippen LogP contribution in [-0.2, 0) is 7.05 Å². The number of hydrogen-bond donors (Lipinski definition) is 0. The Morgan fingerprint density at radius 1 is 1.33 bits per heavy atom. The lowest BCUT2D eigenvalue weighted by atomic mass is 9.99. The molecular weight excluding hydrogens is 260 g/mol. The lowest BCUT2D eigenvalue weighted by Crippen LogP contribution is -2.38. The van der Waals surface area contributed by atoms with E-state index in [0.717, 1.165) is 35.2 Å². The summed E-state index contributed by atoms with van der Waals surface area (Å²) in [4.78, 5) is 15.1. The third kappa shape index (κ3) is 2.62. The SMILES string of the molecule is Cc1c(C(=O)CN2CCCC(C)C2)c2ccccc2n1C. The smallest absolute Gasteiger partial charge is 0.179 e. The number of rotatable bonds is 3. The summed E-state index contributed by atoms with van der Waals surface area (Å²) in [5, 5.41) is 1.09. The molecule has 0 saturated carbocycles. The number of ketones is 1. The average molecular weight is 284 g/mol. The zero-order chi connectivity index (χ0) is 15.0. The summed E-state index contributed by atoms with van der Waals surface area (Å²) >= 11 is 0. The second-order valence-corrected chi connectivity index (χ2v) is 6.44. The molecule has 1 fully saturated rings. The van der Waals surface area contributed by atoms with E-state index in [1.165, 1.54) is 12.8 Å². The minimum atomic E-state index is 0.262. The van der Waals surface area contributed by atoms with Gasteiger partial charge in [-0.2, -0.15) is 0 Å². The van der Waals surface area contributed by atoms with Crippen LogP contribution in [0.4, 0.5) is 0 Å². The van der Waals surface area contributed by atoms with Gasteiger partial charge < -0.3 is 4.57 Å². The van der Waals surface area contributed by atoms with Gasteiger partial charge in [-0.25, -0.2) is 0 Å². The van der Waals surface area contributed by atoms with Gasteiger partial charge >= 0.3 is 0 Å². The molecule has 2 aromatic rings. The molecule has 1 unspecified atom stereocenters. The molecule has 3 rings (SSSR count). The first-order chi connectivity index (χ1) is 10.1. The Labute approximate surface area is 126 Å². The van der Waals surface area contributed by atoms with E-state index in [9.17, 15) is 4.79 Å². The molecule has 2 heterocycles. The van der Waals surface area contributed by atoms with Crippen molar-refractivity contribution in [3.63, 3.8) is 0 Å². The maximum Gasteiger partial charge on any atom is 0.179 e. The van der Waals surface area contributed by atoms with Crippen molar-refractivity contribution >= 4 is 16.7 Å². The molecule has 1 aromatic carbocycles. The Bertz CT molecular complexity index is 671. The van der Waals surface area contributed by atoms with Gasteiger partial charge in [0.05, 0.1) is 6.54 Å². The number of likely N-dealkylation sites (tertiary alicyclic amines) is 1. The van der Waals surface area contributed by atoms with E-state index in [0.29, 0.717) is 12.5 Å². The minimum absolute atomic E-state index is 0.262. The number of Topliss-reactive ketones (excluding diaryl/α,β-unsaturated/α-hetero) is 1. The standard InChI is InChI=1S/C18H24N2O/c1-13-7-6-10-20(11-13)12-17(21)18-14(2)19(3)16-9-5-4-8-15(16)18/h4-5,8-9,13H,6-7,10-12H2,1-3H3. The molecule has 0 N–H and O–H groups in total. The van der Waals surface area contributed by atoms with E-state index in [4.69, 9.17) is 0 Å². The molecule has 1 aliphatic heterocycles. The van der Waals surface area contributed by atoms with Gasteiger partial charge in [0.1, 0.15) is 0 Å². The van der Waals surface area contributed by atoms with Gasteiger partial charge in [-0.3, -0.25) is 9.69 Å². The van der Waals surface area contributed by atoms with Gasteiger partial charge in [-0.1, -0.05) is 25.1 Å². The van der Waals surface area contributed by atoms with Crippen LogP contribution in [0.1, 0.15) is 35.8 Å². The van der Waals surface area contributed by atoms with Crippen LogP contribution in [0.15, 0.2) is 24.3 Å². The van der Waals surface area contributed by atoms with E-state index in [2.05, 4.69) is 28.5 Å². The quantitative estimate of drug-likeness (QED) is 0.807. The van der Waals surface area contributed by atoms with Crippen LogP contribution < -0.4 is 0 Å². The molecule has 0 spiro atoms. The predicted molar refractivity (Wildman–Crippen MR) is 86.8 cm³/mol. The maximum atomic E-state index is 12.8. The number of piperidine rings is 1. The van der Waals surface area contributed by atoms with Crippen LogP contribution in [-0.4, -0.2) is 34.9 Å². The summed E-state index contributed by atoms with van der Waals surface area (Å²) in [6.07, 6.45) is 2.50. The van der Waals surface area contributed by atoms with Crippen molar-refractivity contribution in [1.82, 2.24) is 9.47 Å². The van der Waals surface area contributed by atoms with Crippen LogP contribution in [0.3, 0.4) is 0 Å². The molecule has 21 heavy (non-hydrogen) atoms. The summed E-state index contributed by atoms with van der Waals surface area (Å²) in [6.45, 7) is 6.99. The highest BCUT2D eigenvalue weighted by atomic mass is 16.1. The Morgan fingerprint density at radius 3 is 2.86 bits per heavy atom. The normalized spacial score (nSPS) is 20.0. The molecule has 0 aliphatic carbocycles. The molecule has 1 aliphatic rings. The third-order valence-corrected chi connectivity index (χ3v) is 4.79. The number of aryl methyl sites for hydroxylation is 1. The number of carbonyl (C=O) groups is 1. The van der Waals surface area contributed by atoms with Crippen molar-refractivity contribution < 1.29 is 4.79 Å². The number of hydrogen-bond acceptors (Lipinski definition) is 2. The number of fused-ring (bicyclic) bond motifs is 1. The second-order valence-electron chi connectivity index (χ2n) is 6.44. The Hall–Kier alpha value is -1.61. The second kappa shape index (κ2) is 5.64. The average Bonchev–Trinajstić information content (AvgIpc) is 2.71.